The summed E-state index contributed by atoms with van der Waals surface area (Å²) in [5.41, 5.74) is 1.82. The van der Waals surface area contributed by atoms with Gasteiger partial charge in [-0.3, -0.25) is 10.1 Å². The van der Waals surface area contributed by atoms with Crippen molar-refractivity contribution in [3.8, 4) is 27.5 Å². The number of nitrogens with one attached hydrogen (secondary N) is 1. The Kier molecular flexibility index (Phi) is 5.76. The lowest BCUT2D eigenvalue weighted by Crippen LogP contribution is -2.12. The maximum atomic E-state index is 13.3. The first-order valence-corrected chi connectivity index (χ1v) is 11.8. The van der Waals surface area contributed by atoms with Gasteiger partial charge in [-0.05, 0) is 41.8 Å². The molecule has 3 heterocycles. The highest BCUT2D eigenvalue weighted by atomic mass is 32.1. The van der Waals surface area contributed by atoms with E-state index in [9.17, 15) is 18.0 Å². The first kappa shape index (κ1) is 22.1. The van der Waals surface area contributed by atoms with Crippen LogP contribution in [0.2, 0.25) is 0 Å². The van der Waals surface area contributed by atoms with Crippen LogP contribution in [0, 0.1) is 0 Å². The second kappa shape index (κ2) is 8.88. The lowest BCUT2D eigenvalue weighted by molar-refractivity contribution is -0.141. The van der Waals surface area contributed by atoms with Gasteiger partial charge < -0.3 is 0 Å². The van der Waals surface area contributed by atoms with Gasteiger partial charge in [-0.15, -0.1) is 22.7 Å². The van der Waals surface area contributed by atoms with Gasteiger partial charge in [-0.2, -0.15) is 18.3 Å². The van der Waals surface area contributed by atoms with Gasteiger partial charge in [0.05, 0.1) is 22.0 Å². The van der Waals surface area contributed by atoms with Gasteiger partial charge in [0.25, 0.3) is 5.91 Å². The highest BCUT2D eigenvalue weighted by Gasteiger charge is 2.35. The number of halogens is 3. The van der Waals surface area contributed by atoms with Crippen molar-refractivity contribution in [1.29, 1.82) is 0 Å². The van der Waals surface area contributed by atoms with Crippen LogP contribution in [0.5, 0.6) is 0 Å². The summed E-state index contributed by atoms with van der Waals surface area (Å²) in [5, 5.41) is 10.6. The molecular formula is C24H15F3N4OS2. The maximum Gasteiger partial charge on any atom is 0.435 e. The number of thiophene rings is 1. The molecule has 0 aliphatic carbocycles. The van der Waals surface area contributed by atoms with E-state index in [1.807, 2.05) is 35.7 Å². The molecule has 0 saturated carbocycles. The summed E-state index contributed by atoms with van der Waals surface area (Å²) in [6.07, 6.45) is -4.57. The molecule has 0 aliphatic rings. The summed E-state index contributed by atoms with van der Waals surface area (Å²) < 4.78 is 41.1. The number of thiazole rings is 1. The molecule has 1 amide bonds. The molecular weight excluding hydrogens is 481 g/mol. The molecule has 5 rings (SSSR count). The first-order valence-electron chi connectivity index (χ1n) is 10.0. The van der Waals surface area contributed by atoms with Crippen molar-refractivity contribution in [3.63, 3.8) is 0 Å². The van der Waals surface area contributed by atoms with Crippen molar-refractivity contribution in [2.45, 2.75) is 6.18 Å². The van der Waals surface area contributed by atoms with E-state index in [1.54, 1.807) is 41.8 Å². The minimum absolute atomic E-state index is 0.329. The van der Waals surface area contributed by atoms with E-state index in [0.29, 0.717) is 27.0 Å². The number of nitrogens with zero attached hydrogens (tertiary/aromatic N) is 3. The highest BCUT2D eigenvalue weighted by Crippen LogP contribution is 2.34. The van der Waals surface area contributed by atoms with Crippen LogP contribution in [0.4, 0.5) is 18.3 Å². The summed E-state index contributed by atoms with van der Waals surface area (Å²) >= 11 is 2.63. The zero-order valence-corrected chi connectivity index (χ0v) is 18.9. The van der Waals surface area contributed by atoms with E-state index >= 15 is 0 Å². The molecule has 3 aromatic heterocycles. The fourth-order valence-electron chi connectivity index (χ4n) is 3.31. The van der Waals surface area contributed by atoms with Gasteiger partial charge in [0.15, 0.2) is 10.8 Å². The minimum Gasteiger partial charge on any atom is -0.298 e. The number of aromatic nitrogens is 3. The average molecular weight is 497 g/mol. The molecule has 2 aromatic carbocycles. The van der Waals surface area contributed by atoms with Crippen molar-refractivity contribution in [2.75, 3.05) is 5.32 Å². The first-order chi connectivity index (χ1) is 16.4. The number of rotatable bonds is 5. The smallest absolute Gasteiger partial charge is 0.298 e. The fraction of sp³-hybridized carbons (Fsp3) is 0.0417. The lowest BCUT2D eigenvalue weighted by Gasteiger charge is -2.08. The molecule has 0 saturated heterocycles. The van der Waals surface area contributed by atoms with Crippen molar-refractivity contribution in [1.82, 2.24) is 14.8 Å². The van der Waals surface area contributed by atoms with Crippen LogP contribution in [0.1, 0.15) is 16.1 Å². The van der Waals surface area contributed by atoms with Crippen molar-refractivity contribution >= 4 is 33.7 Å². The second-order valence-corrected chi connectivity index (χ2v) is 9.01. The molecule has 0 radical (unpaired) electrons. The summed E-state index contributed by atoms with van der Waals surface area (Å²) in [6.45, 7) is 0. The molecule has 1 N–H and O–H groups in total. The molecule has 0 spiro atoms. The summed E-state index contributed by atoms with van der Waals surface area (Å²) in [6, 6.07) is 20.4. The SMILES string of the molecule is O=C(Nc1nc(-c2ccccc2)cs1)c1ccc(-n2nc(C(F)(F)F)cc2-c2cccs2)cc1. The van der Waals surface area contributed by atoms with E-state index in [-0.39, 0.29) is 5.91 Å². The Labute approximate surface area is 200 Å². The third kappa shape index (κ3) is 4.50. The van der Waals surface area contributed by atoms with Crippen LogP contribution in [0.15, 0.2) is 83.6 Å². The Bertz CT molecular complexity index is 1420. The van der Waals surface area contributed by atoms with Crippen LogP contribution in [-0.4, -0.2) is 20.7 Å². The molecule has 0 aliphatic heterocycles. The number of carbonyl (C=O) groups excluding carboxylic acids is 1. The Morgan fingerprint density at radius 2 is 1.71 bits per heavy atom. The topological polar surface area (TPSA) is 59.8 Å². The quantitative estimate of drug-likeness (QED) is 0.285. The molecule has 5 aromatic rings. The molecule has 34 heavy (non-hydrogen) atoms. The Morgan fingerprint density at radius 3 is 2.38 bits per heavy atom. The molecule has 0 fully saturated rings. The Morgan fingerprint density at radius 1 is 0.941 bits per heavy atom. The van der Waals surface area contributed by atoms with Crippen LogP contribution in [0.3, 0.4) is 0 Å². The van der Waals surface area contributed by atoms with Crippen molar-refractivity contribution < 1.29 is 18.0 Å². The largest absolute Gasteiger partial charge is 0.435 e. The summed E-state index contributed by atoms with van der Waals surface area (Å²) in [5.74, 6) is -0.365. The predicted octanol–water partition coefficient (Wildman–Crippen LogP) is 7.00. The van der Waals surface area contributed by atoms with Crippen LogP contribution in [-0.2, 0) is 6.18 Å². The number of benzene rings is 2. The third-order valence-corrected chi connectivity index (χ3v) is 6.59. The number of alkyl halides is 3. The zero-order chi connectivity index (χ0) is 23.7. The van der Waals surface area contributed by atoms with E-state index in [2.05, 4.69) is 15.4 Å². The van der Waals surface area contributed by atoms with E-state index in [4.69, 9.17) is 0 Å². The van der Waals surface area contributed by atoms with E-state index < -0.39 is 11.9 Å². The average Bonchev–Trinajstić information content (AvgIpc) is 3.59. The summed E-state index contributed by atoms with van der Waals surface area (Å²) in [4.78, 5) is 17.8. The van der Waals surface area contributed by atoms with Crippen LogP contribution in [0.25, 0.3) is 27.5 Å². The standard InChI is InChI=1S/C24H15F3N4OS2/c25-24(26,27)21-13-19(20-7-4-12-33-20)31(30-21)17-10-8-16(9-11-17)22(32)29-23-28-18(14-34-23)15-5-2-1-3-6-15/h1-14H,(H,28,29,32). The van der Waals surface area contributed by atoms with Gasteiger partial charge >= 0.3 is 6.18 Å². The lowest BCUT2D eigenvalue weighted by atomic mass is 10.2. The number of hydrogen-bond donors (Lipinski definition) is 1. The second-order valence-electron chi connectivity index (χ2n) is 7.21. The number of carbonyl (C=O) groups is 1. The van der Waals surface area contributed by atoms with Crippen molar-refractivity contribution in [2.24, 2.45) is 0 Å². The maximum absolute atomic E-state index is 13.3. The third-order valence-electron chi connectivity index (χ3n) is 4.94. The molecule has 0 atom stereocenters. The fourth-order valence-corrected chi connectivity index (χ4v) is 4.75. The van der Waals surface area contributed by atoms with E-state index in [1.165, 1.54) is 27.4 Å². The monoisotopic (exact) mass is 496 g/mol. The van der Waals surface area contributed by atoms with Crippen LogP contribution >= 0.6 is 22.7 Å². The van der Waals surface area contributed by atoms with Gasteiger partial charge in [-0.1, -0.05) is 36.4 Å². The predicted molar refractivity (Wildman–Crippen MR) is 127 cm³/mol. The van der Waals surface area contributed by atoms with Gasteiger partial charge in [0.1, 0.15) is 0 Å². The normalized spacial score (nSPS) is 11.5. The number of amides is 1. The molecule has 5 nitrogen and oxygen atoms in total. The highest BCUT2D eigenvalue weighted by molar-refractivity contribution is 7.14. The van der Waals surface area contributed by atoms with Crippen LogP contribution < -0.4 is 5.32 Å². The minimum atomic E-state index is -4.57. The molecule has 170 valence electrons. The summed E-state index contributed by atoms with van der Waals surface area (Å²) in [7, 11) is 0. The van der Waals surface area contributed by atoms with Gasteiger partial charge in [0, 0.05) is 16.5 Å². The molecule has 10 heteroatoms. The number of anilines is 1. The van der Waals surface area contributed by atoms with Gasteiger partial charge in [-0.25, -0.2) is 9.67 Å². The number of hydrogen-bond acceptors (Lipinski definition) is 5. The molecule has 0 bridgehead atoms. The Hall–Kier alpha value is -3.76. The van der Waals surface area contributed by atoms with Crippen molar-refractivity contribution in [3.05, 3.63) is 94.8 Å². The molecule has 0 unspecified atom stereocenters. The Balaban J connectivity index is 1.38. The van der Waals surface area contributed by atoms with E-state index in [0.717, 1.165) is 17.3 Å². The zero-order valence-electron chi connectivity index (χ0n) is 17.3. The van der Waals surface area contributed by atoms with Gasteiger partial charge in [0.2, 0.25) is 0 Å².